The molecule has 0 saturated carbocycles. The van der Waals surface area contributed by atoms with Crippen LogP contribution >= 0.6 is 0 Å². The van der Waals surface area contributed by atoms with Gasteiger partial charge in [0.25, 0.3) is 5.95 Å². The second-order valence-electron chi connectivity index (χ2n) is 5.76. The first kappa shape index (κ1) is 16.3. The molecule has 0 aliphatic heterocycles. The van der Waals surface area contributed by atoms with E-state index in [1.807, 2.05) is 0 Å². The quantitative estimate of drug-likeness (QED) is 0.555. The molecule has 2 aromatic heterocycles. The van der Waals surface area contributed by atoms with E-state index in [0.29, 0.717) is 22.0 Å². The van der Waals surface area contributed by atoms with Crippen molar-refractivity contribution in [3.05, 3.63) is 66.7 Å². The Balaban J connectivity index is 1.86. The topological polar surface area (TPSA) is 77.7 Å². The Bertz CT molecular complexity index is 1220. The van der Waals surface area contributed by atoms with Crippen LogP contribution in [0.3, 0.4) is 0 Å². The normalized spacial score (nSPS) is 11.8. The number of aromatic nitrogens is 4. The van der Waals surface area contributed by atoms with Crippen molar-refractivity contribution in [2.75, 3.05) is 6.26 Å². The number of nitrogens with zero attached hydrogens (tertiary/aromatic N) is 4. The van der Waals surface area contributed by atoms with Gasteiger partial charge in [-0.25, -0.2) is 22.8 Å². The third kappa shape index (κ3) is 2.74. The van der Waals surface area contributed by atoms with Crippen LogP contribution in [0, 0.1) is 5.82 Å². The van der Waals surface area contributed by atoms with Crippen molar-refractivity contribution in [3.8, 4) is 17.1 Å². The summed E-state index contributed by atoms with van der Waals surface area (Å²) in [6, 6.07) is 13.3. The van der Waals surface area contributed by atoms with Gasteiger partial charge in [0, 0.05) is 35.2 Å². The van der Waals surface area contributed by atoms with Gasteiger partial charge in [-0.15, -0.1) is 0 Å². The third-order valence-electron chi connectivity index (χ3n) is 3.92. The van der Waals surface area contributed by atoms with Crippen LogP contribution in [0.4, 0.5) is 4.39 Å². The van der Waals surface area contributed by atoms with Gasteiger partial charge < -0.3 is 0 Å². The lowest BCUT2D eigenvalue weighted by Gasteiger charge is -2.04. The van der Waals surface area contributed by atoms with Crippen molar-refractivity contribution in [2.45, 2.75) is 5.03 Å². The molecule has 26 heavy (non-hydrogen) atoms. The van der Waals surface area contributed by atoms with Crippen molar-refractivity contribution < 1.29 is 12.8 Å². The highest BCUT2D eigenvalue weighted by molar-refractivity contribution is 7.90. The minimum absolute atomic E-state index is 0.0325. The zero-order valence-corrected chi connectivity index (χ0v) is 14.5. The van der Waals surface area contributed by atoms with E-state index in [4.69, 9.17) is 0 Å². The molecule has 0 radical (unpaired) electrons. The van der Waals surface area contributed by atoms with Gasteiger partial charge in [0.1, 0.15) is 5.82 Å². The maximum atomic E-state index is 13.9. The van der Waals surface area contributed by atoms with Crippen molar-refractivity contribution in [3.63, 3.8) is 0 Å². The SMILES string of the molecule is CS(=O)(=O)c1nn(-c2ncc(-c3ccccc3F)cn2)c2ccccc12. The maximum Gasteiger partial charge on any atom is 0.251 e. The first-order valence-corrected chi connectivity index (χ1v) is 9.59. The molecular formula is C18H13FN4O2S. The number of sulfone groups is 1. The van der Waals surface area contributed by atoms with Crippen molar-refractivity contribution in [1.82, 2.24) is 19.7 Å². The van der Waals surface area contributed by atoms with E-state index in [0.717, 1.165) is 6.26 Å². The number of halogens is 1. The fraction of sp³-hybridized carbons (Fsp3) is 0.0556. The lowest BCUT2D eigenvalue weighted by atomic mass is 10.1. The highest BCUT2D eigenvalue weighted by atomic mass is 32.2. The summed E-state index contributed by atoms with van der Waals surface area (Å²) in [7, 11) is -3.51. The van der Waals surface area contributed by atoms with Crippen LogP contribution in [-0.4, -0.2) is 34.4 Å². The fourth-order valence-electron chi connectivity index (χ4n) is 2.73. The zero-order chi connectivity index (χ0) is 18.3. The highest BCUT2D eigenvalue weighted by Gasteiger charge is 2.20. The Kier molecular flexibility index (Phi) is 3.77. The van der Waals surface area contributed by atoms with Crippen LogP contribution in [0.15, 0.2) is 66.0 Å². The summed E-state index contributed by atoms with van der Waals surface area (Å²) < 4.78 is 39.3. The monoisotopic (exact) mass is 368 g/mol. The summed E-state index contributed by atoms with van der Waals surface area (Å²) in [6.45, 7) is 0. The van der Waals surface area contributed by atoms with Crippen LogP contribution in [0.25, 0.3) is 28.0 Å². The van der Waals surface area contributed by atoms with Crippen LogP contribution in [0.5, 0.6) is 0 Å². The fourth-order valence-corrected chi connectivity index (χ4v) is 3.53. The molecule has 0 spiro atoms. The van der Waals surface area contributed by atoms with Gasteiger partial charge >= 0.3 is 0 Å². The zero-order valence-electron chi connectivity index (χ0n) is 13.7. The molecule has 0 aliphatic carbocycles. The standard InChI is InChI=1S/C18H13FN4O2S/c1-26(24,25)17-14-7-3-5-9-16(14)23(22-17)18-20-10-12(11-21-18)13-6-2-4-8-15(13)19/h2-11H,1H3. The Labute approximate surface area is 148 Å². The predicted molar refractivity (Wildman–Crippen MR) is 95.2 cm³/mol. The average molecular weight is 368 g/mol. The summed E-state index contributed by atoms with van der Waals surface area (Å²) >= 11 is 0. The van der Waals surface area contributed by atoms with Gasteiger partial charge in [-0.3, -0.25) is 0 Å². The minimum Gasteiger partial charge on any atom is -0.222 e. The van der Waals surface area contributed by atoms with Crippen LogP contribution < -0.4 is 0 Å². The van der Waals surface area contributed by atoms with Gasteiger partial charge in [-0.05, 0) is 18.2 Å². The number of para-hydroxylation sites is 1. The number of hydrogen-bond donors (Lipinski definition) is 0. The Morgan fingerprint density at radius 2 is 1.62 bits per heavy atom. The predicted octanol–water partition coefficient (Wildman–Crippen LogP) is 3.03. The van der Waals surface area contributed by atoms with Crippen LogP contribution in [0.2, 0.25) is 0 Å². The average Bonchev–Trinajstić information content (AvgIpc) is 3.02. The number of benzene rings is 2. The molecule has 2 heterocycles. The Morgan fingerprint density at radius 1 is 0.962 bits per heavy atom. The molecule has 8 heteroatoms. The molecule has 2 aromatic carbocycles. The van der Waals surface area contributed by atoms with E-state index in [9.17, 15) is 12.8 Å². The molecular weight excluding hydrogens is 355 g/mol. The van der Waals surface area contributed by atoms with E-state index < -0.39 is 9.84 Å². The largest absolute Gasteiger partial charge is 0.251 e. The second-order valence-corrected chi connectivity index (χ2v) is 7.69. The van der Waals surface area contributed by atoms with E-state index in [2.05, 4.69) is 15.1 Å². The second kappa shape index (κ2) is 5.99. The molecule has 0 saturated heterocycles. The van der Waals surface area contributed by atoms with Gasteiger partial charge in [-0.1, -0.05) is 30.3 Å². The lowest BCUT2D eigenvalue weighted by molar-refractivity contribution is 0.596. The summed E-state index contributed by atoms with van der Waals surface area (Å²) in [5.41, 5.74) is 1.49. The van der Waals surface area contributed by atoms with Gasteiger partial charge in [-0.2, -0.15) is 9.78 Å². The van der Waals surface area contributed by atoms with Crippen molar-refractivity contribution >= 4 is 20.7 Å². The first-order chi connectivity index (χ1) is 12.4. The van der Waals surface area contributed by atoms with E-state index in [1.54, 1.807) is 42.5 Å². The van der Waals surface area contributed by atoms with E-state index >= 15 is 0 Å². The number of fused-ring (bicyclic) bond motifs is 1. The molecule has 0 atom stereocenters. The molecule has 0 bridgehead atoms. The Hall–Kier alpha value is -3.13. The van der Waals surface area contributed by atoms with Crippen LogP contribution in [0.1, 0.15) is 0 Å². The minimum atomic E-state index is -3.51. The molecule has 4 rings (SSSR count). The highest BCUT2D eigenvalue weighted by Crippen LogP contribution is 2.25. The smallest absolute Gasteiger partial charge is 0.222 e. The molecule has 6 nitrogen and oxygen atoms in total. The molecule has 130 valence electrons. The molecule has 0 N–H and O–H groups in total. The lowest BCUT2D eigenvalue weighted by Crippen LogP contribution is -2.05. The molecule has 0 fully saturated rings. The van der Waals surface area contributed by atoms with E-state index in [-0.39, 0.29) is 16.8 Å². The molecule has 0 aliphatic rings. The third-order valence-corrected chi connectivity index (χ3v) is 4.92. The summed E-state index contributed by atoms with van der Waals surface area (Å²) in [4.78, 5) is 8.48. The number of rotatable bonds is 3. The maximum absolute atomic E-state index is 13.9. The van der Waals surface area contributed by atoms with Gasteiger partial charge in [0.15, 0.2) is 14.9 Å². The molecule has 0 amide bonds. The Morgan fingerprint density at radius 3 is 2.31 bits per heavy atom. The summed E-state index contributed by atoms with van der Waals surface area (Å²) in [5.74, 6) is -0.163. The van der Waals surface area contributed by atoms with E-state index in [1.165, 1.54) is 23.1 Å². The molecule has 0 unspecified atom stereocenters. The molecule has 4 aromatic rings. The summed E-state index contributed by atoms with van der Waals surface area (Å²) in [5, 5.41) is 4.64. The first-order valence-electron chi connectivity index (χ1n) is 7.70. The summed E-state index contributed by atoms with van der Waals surface area (Å²) in [6.07, 6.45) is 4.07. The van der Waals surface area contributed by atoms with Crippen LogP contribution in [-0.2, 0) is 9.84 Å². The van der Waals surface area contributed by atoms with Crippen molar-refractivity contribution in [1.29, 1.82) is 0 Å². The van der Waals surface area contributed by atoms with Gasteiger partial charge in [0.2, 0.25) is 0 Å². The van der Waals surface area contributed by atoms with Gasteiger partial charge in [0.05, 0.1) is 5.52 Å². The van der Waals surface area contributed by atoms with Crippen molar-refractivity contribution in [2.24, 2.45) is 0 Å². The number of hydrogen-bond acceptors (Lipinski definition) is 5.